The Morgan fingerprint density at radius 1 is 0.953 bits per heavy atom. The van der Waals surface area contributed by atoms with Crippen LogP contribution in [-0.4, -0.2) is 36.5 Å². The summed E-state index contributed by atoms with van der Waals surface area (Å²) < 4.78 is 6.12. The highest BCUT2D eigenvalue weighted by atomic mass is 16.5. The summed E-state index contributed by atoms with van der Waals surface area (Å²) in [6.07, 6.45) is 6.28. The molecular formula is C36H41N5O2. The van der Waals surface area contributed by atoms with Gasteiger partial charge in [0.15, 0.2) is 0 Å². The topological polar surface area (TPSA) is 117 Å². The Hall–Kier alpha value is -4.36. The van der Waals surface area contributed by atoms with E-state index in [0.717, 1.165) is 71.9 Å². The molecule has 1 saturated carbocycles. The van der Waals surface area contributed by atoms with Gasteiger partial charge in [-0.25, -0.2) is 0 Å². The van der Waals surface area contributed by atoms with Crippen LogP contribution in [0.4, 0.5) is 5.69 Å². The van der Waals surface area contributed by atoms with Crippen molar-refractivity contribution in [3.63, 3.8) is 0 Å². The molecule has 1 amide bonds. The van der Waals surface area contributed by atoms with Gasteiger partial charge in [-0.15, -0.1) is 0 Å². The quantitative estimate of drug-likeness (QED) is 0.114. The average molecular weight is 576 g/mol. The van der Waals surface area contributed by atoms with Gasteiger partial charge >= 0.3 is 0 Å². The highest BCUT2D eigenvalue weighted by Crippen LogP contribution is 2.36. The molecule has 43 heavy (non-hydrogen) atoms. The molecule has 222 valence electrons. The fourth-order valence-corrected chi connectivity index (χ4v) is 6.50. The average Bonchev–Trinajstić information content (AvgIpc) is 3.38. The Labute approximate surface area is 253 Å². The molecule has 1 aliphatic carbocycles. The summed E-state index contributed by atoms with van der Waals surface area (Å²) in [7, 11) is 0. The minimum atomic E-state index is -0.338. The van der Waals surface area contributed by atoms with Crippen LogP contribution >= 0.6 is 0 Å². The summed E-state index contributed by atoms with van der Waals surface area (Å²) in [5.74, 6) is 0.933. The van der Waals surface area contributed by atoms with E-state index in [-0.39, 0.29) is 29.9 Å². The van der Waals surface area contributed by atoms with Crippen molar-refractivity contribution in [1.82, 2.24) is 5.32 Å². The molecular weight excluding hydrogens is 534 g/mol. The number of nitrogens with zero attached hydrogens (tertiary/aromatic N) is 1. The standard InChI is InChI=1S/C36H41N5O2/c37-29-13-15-30(16-14-29)40-36(42)34-21-26-11-12-27(35(38)39)22-33(26)41(34)23-28-10-4-9-25-20-31(17-18-32(25)28)43-19-5-8-24-6-2-1-3-7-24/h1-4,6-7,9-12,17-18,20,22,29-30,34H,5,8,13-16,19,21,23,37H2,(H3,38,39)(H,40,42). The first kappa shape index (κ1) is 28.7. The molecule has 0 bridgehead atoms. The molecule has 0 radical (unpaired) electrons. The molecule has 1 atom stereocenters. The SMILES string of the molecule is N=C(N)c1ccc2c(c1)N(Cc1cccc3cc(OCCCc4ccccc4)ccc13)C(C(=O)NC1CCC(N)CC1)C2. The van der Waals surface area contributed by atoms with Crippen LogP contribution in [0.5, 0.6) is 5.75 Å². The van der Waals surface area contributed by atoms with Crippen LogP contribution in [0.25, 0.3) is 10.8 Å². The maximum atomic E-state index is 13.7. The van der Waals surface area contributed by atoms with E-state index >= 15 is 0 Å². The van der Waals surface area contributed by atoms with Gasteiger partial charge in [-0.05, 0) is 84.2 Å². The van der Waals surface area contributed by atoms with Crippen LogP contribution in [-0.2, 0) is 24.2 Å². The number of fused-ring (bicyclic) bond motifs is 2. The summed E-state index contributed by atoms with van der Waals surface area (Å²) in [6.45, 7) is 1.23. The molecule has 0 aromatic heterocycles. The van der Waals surface area contributed by atoms with Gasteiger partial charge in [0.05, 0.1) is 6.61 Å². The third kappa shape index (κ3) is 6.67. The first-order valence-electron chi connectivity index (χ1n) is 15.4. The molecule has 7 heteroatoms. The molecule has 1 fully saturated rings. The van der Waals surface area contributed by atoms with E-state index in [1.807, 2.05) is 30.3 Å². The molecule has 6 N–H and O–H groups in total. The van der Waals surface area contributed by atoms with E-state index in [9.17, 15) is 4.79 Å². The lowest BCUT2D eigenvalue weighted by atomic mass is 9.91. The number of nitrogens with two attached hydrogens (primary N) is 2. The molecule has 1 unspecified atom stereocenters. The summed E-state index contributed by atoms with van der Waals surface area (Å²) in [5.41, 5.74) is 17.2. The smallest absolute Gasteiger partial charge is 0.243 e. The first-order valence-corrected chi connectivity index (χ1v) is 15.4. The number of aryl methyl sites for hydroxylation is 1. The zero-order valence-corrected chi connectivity index (χ0v) is 24.6. The largest absolute Gasteiger partial charge is 0.494 e. The highest BCUT2D eigenvalue weighted by Gasteiger charge is 2.36. The number of hydrogen-bond donors (Lipinski definition) is 4. The normalized spacial score (nSPS) is 19.7. The lowest BCUT2D eigenvalue weighted by molar-refractivity contribution is -0.123. The molecule has 4 aromatic carbocycles. The number of ether oxygens (including phenoxy) is 1. The Balaban J connectivity index is 1.20. The summed E-state index contributed by atoms with van der Waals surface area (Å²) in [4.78, 5) is 15.9. The number of carbonyl (C=O) groups excluding carboxylic acids is 1. The van der Waals surface area contributed by atoms with Crippen molar-refractivity contribution in [2.24, 2.45) is 11.5 Å². The molecule has 4 aromatic rings. The third-order valence-corrected chi connectivity index (χ3v) is 8.92. The fourth-order valence-electron chi connectivity index (χ4n) is 6.50. The van der Waals surface area contributed by atoms with Crippen molar-refractivity contribution in [2.75, 3.05) is 11.5 Å². The van der Waals surface area contributed by atoms with Crippen LogP contribution in [0.2, 0.25) is 0 Å². The number of benzene rings is 4. The number of anilines is 1. The molecule has 0 spiro atoms. The minimum Gasteiger partial charge on any atom is -0.494 e. The molecule has 1 aliphatic heterocycles. The predicted molar refractivity (Wildman–Crippen MR) is 174 cm³/mol. The van der Waals surface area contributed by atoms with Crippen molar-refractivity contribution in [3.8, 4) is 5.75 Å². The number of amides is 1. The molecule has 0 saturated heterocycles. The van der Waals surface area contributed by atoms with Gasteiger partial charge in [-0.2, -0.15) is 0 Å². The van der Waals surface area contributed by atoms with Gasteiger partial charge in [0.1, 0.15) is 17.6 Å². The lowest BCUT2D eigenvalue weighted by Crippen LogP contribution is -2.49. The van der Waals surface area contributed by atoms with Crippen LogP contribution in [0.3, 0.4) is 0 Å². The second kappa shape index (κ2) is 12.9. The molecule has 6 rings (SSSR count). The van der Waals surface area contributed by atoms with E-state index in [4.69, 9.17) is 21.6 Å². The highest BCUT2D eigenvalue weighted by molar-refractivity contribution is 5.97. The third-order valence-electron chi connectivity index (χ3n) is 8.92. The summed E-state index contributed by atoms with van der Waals surface area (Å²) >= 11 is 0. The van der Waals surface area contributed by atoms with Crippen molar-refractivity contribution in [3.05, 3.63) is 107 Å². The van der Waals surface area contributed by atoms with Gasteiger partial charge < -0.3 is 26.4 Å². The van der Waals surface area contributed by atoms with Crippen LogP contribution in [0, 0.1) is 5.41 Å². The minimum absolute atomic E-state index is 0.0238. The lowest BCUT2D eigenvalue weighted by Gasteiger charge is -2.31. The summed E-state index contributed by atoms with van der Waals surface area (Å²) in [5, 5.41) is 13.6. The van der Waals surface area contributed by atoms with Gasteiger partial charge in [0.25, 0.3) is 0 Å². The van der Waals surface area contributed by atoms with E-state index in [2.05, 4.69) is 64.8 Å². The predicted octanol–water partition coefficient (Wildman–Crippen LogP) is 5.45. The maximum Gasteiger partial charge on any atom is 0.243 e. The Bertz CT molecular complexity index is 1600. The van der Waals surface area contributed by atoms with Gasteiger partial charge in [-0.1, -0.05) is 66.7 Å². The Morgan fingerprint density at radius 2 is 1.77 bits per heavy atom. The first-order chi connectivity index (χ1) is 20.9. The second-order valence-electron chi connectivity index (χ2n) is 12.0. The molecule has 7 nitrogen and oxygen atoms in total. The number of carbonyl (C=O) groups is 1. The van der Waals surface area contributed by atoms with Gasteiger partial charge in [0, 0.05) is 36.3 Å². The second-order valence-corrected chi connectivity index (χ2v) is 12.0. The van der Waals surface area contributed by atoms with Crippen LogP contribution in [0.1, 0.15) is 54.4 Å². The Kier molecular flexibility index (Phi) is 8.61. The van der Waals surface area contributed by atoms with E-state index in [0.29, 0.717) is 25.1 Å². The number of hydrogen-bond acceptors (Lipinski definition) is 5. The van der Waals surface area contributed by atoms with E-state index in [1.54, 1.807) is 0 Å². The van der Waals surface area contributed by atoms with Crippen molar-refractivity contribution >= 4 is 28.2 Å². The summed E-state index contributed by atoms with van der Waals surface area (Å²) in [6, 6.07) is 29.0. The van der Waals surface area contributed by atoms with Gasteiger partial charge in [-0.3, -0.25) is 10.2 Å². The monoisotopic (exact) mass is 575 g/mol. The van der Waals surface area contributed by atoms with E-state index < -0.39 is 0 Å². The zero-order chi connectivity index (χ0) is 29.8. The number of rotatable bonds is 10. The zero-order valence-electron chi connectivity index (χ0n) is 24.6. The van der Waals surface area contributed by atoms with Crippen LogP contribution < -0.4 is 26.4 Å². The molecule has 1 heterocycles. The fraction of sp³-hybridized carbons (Fsp3) is 0.333. The van der Waals surface area contributed by atoms with Crippen molar-refractivity contribution in [1.29, 1.82) is 5.41 Å². The van der Waals surface area contributed by atoms with Crippen LogP contribution in [0.15, 0.2) is 84.9 Å². The number of nitrogens with one attached hydrogen (secondary N) is 2. The molecule has 2 aliphatic rings. The van der Waals surface area contributed by atoms with Gasteiger partial charge in [0.2, 0.25) is 5.91 Å². The van der Waals surface area contributed by atoms with E-state index in [1.165, 1.54) is 5.56 Å². The number of nitrogen functional groups attached to an aromatic ring is 1. The number of amidine groups is 1. The van der Waals surface area contributed by atoms with Crippen molar-refractivity contribution in [2.45, 2.75) is 69.6 Å². The maximum absolute atomic E-state index is 13.7. The van der Waals surface area contributed by atoms with Crippen molar-refractivity contribution < 1.29 is 9.53 Å². The Morgan fingerprint density at radius 3 is 2.56 bits per heavy atom.